The smallest absolute Gasteiger partial charge is 0.320 e. The Morgan fingerprint density at radius 3 is 2.96 bits per heavy atom. The molecule has 2 N–H and O–H groups in total. The fourth-order valence-electron chi connectivity index (χ4n) is 2.24. The second kappa shape index (κ2) is 5.92. The minimum Gasteiger partial charge on any atom is -0.338 e. The number of hydrogen-bond acceptors (Lipinski definition) is 5. The third-order valence-electron chi connectivity index (χ3n) is 3.71. The van der Waals surface area contributed by atoms with Crippen molar-refractivity contribution >= 4 is 34.3 Å². The second-order valence-corrected chi connectivity index (χ2v) is 6.36. The van der Waals surface area contributed by atoms with Crippen molar-refractivity contribution in [2.45, 2.75) is 12.8 Å². The third kappa shape index (κ3) is 3.29. The summed E-state index contributed by atoms with van der Waals surface area (Å²) in [5.41, 5.74) is 3.02. The van der Waals surface area contributed by atoms with Gasteiger partial charge in [-0.2, -0.15) is 11.3 Å². The number of thiophene rings is 1. The Labute approximate surface area is 137 Å². The summed E-state index contributed by atoms with van der Waals surface area (Å²) in [5.74, 6) is 1.12. The molecule has 1 fully saturated rings. The van der Waals surface area contributed by atoms with E-state index in [0.29, 0.717) is 22.9 Å². The van der Waals surface area contributed by atoms with Crippen LogP contribution in [0, 0.1) is 5.92 Å². The van der Waals surface area contributed by atoms with E-state index in [1.54, 1.807) is 23.6 Å². The van der Waals surface area contributed by atoms with Crippen molar-refractivity contribution in [2.24, 2.45) is 5.92 Å². The molecule has 0 unspecified atom stereocenters. The van der Waals surface area contributed by atoms with Crippen LogP contribution in [0.3, 0.4) is 0 Å². The Morgan fingerprint density at radius 1 is 1.26 bits per heavy atom. The van der Waals surface area contributed by atoms with Crippen LogP contribution in [0.1, 0.15) is 12.8 Å². The molecule has 0 aromatic carbocycles. The van der Waals surface area contributed by atoms with Gasteiger partial charge in [0, 0.05) is 17.5 Å². The average Bonchev–Trinajstić information content (AvgIpc) is 3.24. The summed E-state index contributed by atoms with van der Waals surface area (Å²) in [6.07, 6.45) is 4.15. The largest absolute Gasteiger partial charge is 0.338 e. The Morgan fingerprint density at radius 2 is 2.17 bits per heavy atom. The number of hydrogen-bond donors (Lipinski definition) is 2. The number of rotatable bonds is 4. The molecule has 2 amide bonds. The molecule has 0 bridgehead atoms. The van der Waals surface area contributed by atoms with Crippen LogP contribution in [0.4, 0.5) is 10.6 Å². The highest BCUT2D eigenvalue weighted by Crippen LogP contribution is 2.27. The van der Waals surface area contributed by atoms with E-state index >= 15 is 0 Å². The fourth-order valence-corrected chi connectivity index (χ4v) is 2.89. The first-order valence-electron chi connectivity index (χ1n) is 7.49. The summed E-state index contributed by atoms with van der Waals surface area (Å²) >= 11 is 1.61. The topological polar surface area (TPSA) is 79.8 Å². The van der Waals surface area contributed by atoms with Gasteiger partial charge < -0.3 is 5.32 Å². The molecule has 116 valence electrons. The number of nitrogens with one attached hydrogen (secondary N) is 2. The van der Waals surface area contributed by atoms with Gasteiger partial charge in [0.1, 0.15) is 11.3 Å². The maximum Gasteiger partial charge on any atom is 0.320 e. The molecule has 1 saturated carbocycles. The number of aromatic nitrogens is 3. The van der Waals surface area contributed by atoms with Crippen molar-refractivity contribution in [3.8, 4) is 11.3 Å². The number of carbonyl (C=O) groups is 1. The summed E-state index contributed by atoms with van der Waals surface area (Å²) in [6.45, 7) is 0.724. The van der Waals surface area contributed by atoms with Crippen LogP contribution in [-0.2, 0) is 0 Å². The molecule has 23 heavy (non-hydrogen) atoms. The monoisotopic (exact) mass is 325 g/mol. The highest BCUT2D eigenvalue weighted by atomic mass is 32.1. The molecule has 7 heteroatoms. The number of pyridine rings is 1. The van der Waals surface area contributed by atoms with Crippen molar-refractivity contribution in [1.29, 1.82) is 0 Å². The summed E-state index contributed by atoms with van der Waals surface area (Å²) in [4.78, 5) is 25.1. The Kier molecular flexibility index (Phi) is 3.63. The quantitative estimate of drug-likeness (QED) is 0.771. The molecule has 0 radical (unpaired) electrons. The normalized spacial score (nSPS) is 13.9. The lowest BCUT2D eigenvalue weighted by Crippen LogP contribution is -2.30. The highest BCUT2D eigenvalue weighted by molar-refractivity contribution is 7.08. The van der Waals surface area contributed by atoms with E-state index in [2.05, 4.69) is 25.6 Å². The number of amides is 2. The molecule has 3 aromatic rings. The van der Waals surface area contributed by atoms with Gasteiger partial charge >= 0.3 is 6.03 Å². The van der Waals surface area contributed by atoms with E-state index < -0.39 is 0 Å². The Bertz CT molecular complexity index is 845. The van der Waals surface area contributed by atoms with Crippen LogP contribution in [-0.4, -0.2) is 27.5 Å². The van der Waals surface area contributed by atoms with Crippen molar-refractivity contribution in [1.82, 2.24) is 20.3 Å². The molecule has 3 aromatic heterocycles. The predicted molar refractivity (Wildman–Crippen MR) is 90.4 cm³/mol. The van der Waals surface area contributed by atoms with Crippen LogP contribution >= 0.6 is 11.3 Å². The number of anilines is 1. The lowest BCUT2D eigenvalue weighted by atomic mass is 10.2. The first kappa shape index (κ1) is 14.1. The first-order valence-corrected chi connectivity index (χ1v) is 8.43. The van der Waals surface area contributed by atoms with Gasteiger partial charge in [-0.1, -0.05) is 0 Å². The van der Waals surface area contributed by atoms with Crippen LogP contribution in [0.25, 0.3) is 22.4 Å². The number of fused-ring (bicyclic) bond motifs is 1. The zero-order valence-electron chi connectivity index (χ0n) is 12.3. The maximum absolute atomic E-state index is 11.8. The van der Waals surface area contributed by atoms with E-state index in [0.717, 1.165) is 17.8 Å². The fraction of sp³-hybridized carbons (Fsp3) is 0.250. The van der Waals surface area contributed by atoms with Crippen molar-refractivity contribution in [2.75, 3.05) is 11.9 Å². The van der Waals surface area contributed by atoms with Crippen molar-refractivity contribution < 1.29 is 4.79 Å². The standard InChI is InChI=1S/C16H15N5OS/c22-16(18-7-10-1-2-10)21-14-4-3-12-15(20-14)19-13(8-17-12)11-5-6-23-9-11/h3-6,8-10H,1-2,7H2,(H2,18,19,20,21,22). The Balaban J connectivity index is 1.54. The van der Waals surface area contributed by atoms with Gasteiger partial charge in [-0.15, -0.1) is 0 Å². The summed E-state index contributed by atoms with van der Waals surface area (Å²) in [7, 11) is 0. The molecule has 0 atom stereocenters. The van der Waals surface area contributed by atoms with Gasteiger partial charge in [0.25, 0.3) is 0 Å². The van der Waals surface area contributed by atoms with Gasteiger partial charge in [-0.05, 0) is 42.3 Å². The van der Waals surface area contributed by atoms with E-state index in [1.807, 2.05) is 22.9 Å². The number of carbonyl (C=O) groups excluding carboxylic acids is 1. The van der Waals surface area contributed by atoms with E-state index in [-0.39, 0.29) is 6.03 Å². The minimum absolute atomic E-state index is 0.231. The van der Waals surface area contributed by atoms with Gasteiger partial charge in [0.05, 0.1) is 11.9 Å². The van der Waals surface area contributed by atoms with Gasteiger partial charge in [-0.3, -0.25) is 10.3 Å². The van der Waals surface area contributed by atoms with Crippen LogP contribution < -0.4 is 10.6 Å². The average molecular weight is 325 g/mol. The minimum atomic E-state index is -0.231. The predicted octanol–water partition coefficient (Wildman–Crippen LogP) is 3.28. The molecule has 6 nitrogen and oxygen atoms in total. The van der Waals surface area contributed by atoms with Crippen LogP contribution in [0.15, 0.2) is 35.2 Å². The lowest BCUT2D eigenvalue weighted by molar-refractivity contribution is 0.251. The molecule has 4 rings (SSSR count). The van der Waals surface area contributed by atoms with Crippen LogP contribution in [0.2, 0.25) is 0 Å². The third-order valence-corrected chi connectivity index (χ3v) is 4.40. The van der Waals surface area contributed by atoms with E-state index in [1.165, 1.54) is 12.8 Å². The van der Waals surface area contributed by atoms with E-state index in [4.69, 9.17) is 0 Å². The Hall–Kier alpha value is -2.54. The summed E-state index contributed by atoms with van der Waals surface area (Å²) in [5, 5.41) is 9.61. The molecule has 0 spiro atoms. The zero-order valence-corrected chi connectivity index (χ0v) is 13.1. The first-order chi connectivity index (χ1) is 11.3. The van der Waals surface area contributed by atoms with E-state index in [9.17, 15) is 4.79 Å². The molecule has 0 saturated heterocycles. The second-order valence-electron chi connectivity index (χ2n) is 5.58. The number of urea groups is 1. The molecule has 3 heterocycles. The molecular weight excluding hydrogens is 310 g/mol. The maximum atomic E-state index is 11.8. The van der Waals surface area contributed by atoms with Crippen molar-refractivity contribution in [3.63, 3.8) is 0 Å². The van der Waals surface area contributed by atoms with Gasteiger partial charge in [0.2, 0.25) is 0 Å². The molecule has 1 aliphatic carbocycles. The van der Waals surface area contributed by atoms with Crippen LogP contribution in [0.5, 0.6) is 0 Å². The summed E-state index contributed by atoms with van der Waals surface area (Å²) in [6, 6.07) is 5.31. The van der Waals surface area contributed by atoms with Gasteiger partial charge in [0.15, 0.2) is 5.65 Å². The lowest BCUT2D eigenvalue weighted by Gasteiger charge is -2.07. The molecular formula is C16H15N5OS. The zero-order chi connectivity index (χ0) is 15.6. The number of nitrogens with zero attached hydrogens (tertiary/aromatic N) is 3. The van der Waals surface area contributed by atoms with Crippen molar-refractivity contribution in [3.05, 3.63) is 35.2 Å². The highest BCUT2D eigenvalue weighted by Gasteiger charge is 2.21. The molecule has 0 aliphatic heterocycles. The SMILES string of the molecule is O=C(NCC1CC1)Nc1ccc2ncc(-c3ccsc3)nc2n1. The molecule has 1 aliphatic rings. The summed E-state index contributed by atoms with van der Waals surface area (Å²) < 4.78 is 0. The van der Waals surface area contributed by atoms with Gasteiger partial charge in [-0.25, -0.2) is 14.8 Å².